The Kier molecular flexibility index (Phi) is 8.01. The van der Waals surface area contributed by atoms with Crippen LogP contribution in [-0.2, 0) is 11.3 Å². The molecule has 1 fully saturated rings. The van der Waals surface area contributed by atoms with Crippen molar-refractivity contribution in [2.45, 2.75) is 49.6 Å². The molecule has 0 unspecified atom stereocenters. The summed E-state index contributed by atoms with van der Waals surface area (Å²) in [5.74, 6) is 0.323. The van der Waals surface area contributed by atoms with Crippen LogP contribution in [0.5, 0.6) is 0 Å². The van der Waals surface area contributed by atoms with Crippen LogP contribution in [0.25, 0.3) is 0 Å². The van der Waals surface area contributed by atoms with E-state index in [1.54, 1.807) is 18.2 Å². The average Bonchev–Trinajstić information content (AvgIpc) is 2.77. The van der Waals surface area contributed by atoms with Gasteiger partial charge in [-0.3, -0.25) is 9.59 Å². The van der Waals surface area contributed by atoms with Crippen LogP contribution in [0.2, 0.25) is 5.02 Å². The van der Waals surface area contributed by atoms with Gasteiger partial charge in [-0.15, -0.1) is 11.8 Å². The van der Waals surface area contributed by atoms with Crippen LogP contribution in [-0.4, -0.2) is 35.6 Å². The molecule has 0 atom stereocenters. The summed E-state index contributed by atoms with van der Waals surface area (Å²) >= 11 is 7.33. The Morgan fingerprint density at radius 2 is 1.76 bits per heavy atom. The third-order valence-corrected chi connectivity index (χ3v) is 6.68. The molecule has 3 rings (SSSR count). The molecule has 6 heteroatoms. The lowest BCUT2D eigenvalue weighted by atomic mass is 9.94. The summed E-state index contributed by atoms with van der Waals surface area (Å²) < 4.78 is 0. The molecule has 1 N–H and O–H groups in total. The minimum absolute atomic E-state index is 0.123. The predicted molar refractivity (Wildman–Crippen MR) is 119 cm³/mol. The lowest BCUT2D eigenvalue weighted by Gasteiger charge is -2.31. The Bertz CT molecular complexity index is 835. The summed E-state index contributed by atoms with van der Waals surface area (Å²) in [6.07, 6.45) is 5.86. The van der Waals surface area contributed by atoms with Gasteiger partial charge in [-0.05, 0) is 42.7 Å². The molecule has 2 amide bonds. The summed E-state index contributed by atoms with van der Waals surface area (Å²) in [6, 6.07) is 15.2. The molecule has 0 bridgehead atoms. The molecular formula is C23H27ClN2O2S. The highest BCUT2D eigenvalue weighted by atomic mass is 35.5. The van der Waals surface area contributed by atoms with Gasteiger partial charge in [-0.1, -0.05) is 55.1 Å². The van der Waals surface area contributed by atoms with Crippen molar-refractivity contribution in [3.8, 4) is 0 Å². The van der Waals surface area contributed by atoms with Gasteiger partial charge in [0.15, 0.2) is 0 Å². The lowest BCUT2D eigenvalue weighted by molar-refractivity contribution is -0.129. The maximum absolute atomic E-state index is 12.7. The Labute approximate surface area is 182 Å². The number of hydrogen-bond donors (Lipinski definition) is 1. The van der Waals surface area contributed by atoms with Crippen molar-refractivity contribution in [1.29, 1.82) is 0 Å². The van der Waals surface area contributed by atoms with Crippen LogP contribution in [0.3, 0.4) is 0 Å². The van der Waals surface area contributed by atoms with Gasteiger partial charge in [-0.25, -0.2) is 0 Å². The number of hydrogen-bond acceptors (Lipinski definition) is 3. The minimum atomic E-state index is -0.142. The standard InChI is InChI=1S/C23H27ClN2O2S/c1-26(19-7-3-2-4-8-19)22(27)16-29-21-10-6-5-9-20(21)23(28)25-15-17-11-13-18(24)14-12-17/h5-6,9-14,19H,2-4,7-8,15-16H2,1H3,(H,25,28). The molecule has 1 aliphatic carbocycles. The van der Waals surface area contributed by atoms with Crippen LogP contribution in [0.1, 0.15) is 48.0 Å². The molecule has 1 aliphatic rings. The first-order chi connectivity index (χ1) is 14.0. The van der Waals surface area contributed by atoms with Gasteiger partial charge in [-0.2, -0.15) is 0 Å². The number of benzene rings is 2. The second-order valence-corrected chi connectivity index (χ2v) is 8.84. The molecule has 2 aromatic rings. The predicted octanol–water partition coefficient (Wildman–Crippen LogP) is 5.15. The third kappa shape index (κ3) is 6.25. The van der Waals surface area contributed by atoms with E-state index in [0.29, 0.717) is 28.9 Å². The Morgan fingerprint density at radius 3 is 2.48 bits per heavy atom. The zero-order valence-corrected chi connectivity index (χ0v) is 18.3. The Morgan fingerprint density at radius 1 is 1.07 bits per heavy atom. The first-order valence-corrected chi connectivity index (χ1v) is 11.4. The van der Waals surface area contributed by atoms with Crippen LogP contribution >= 0.6 is 23.4 Å². The zero-order chi connectivity index (χ0) is 20.6. The number of nitrogens with one attached hydrogen (secondary N) is 1. The summed E-state index contributed by atoms with van der Waals surface area (Å²) in [6.45, 7) is 0.429. The molecule has 0 aliphatic heterocycles. The number of carbonyl (C=O) groups is 2. The number of carbonyl (C=O) groups excluding carboxylic acids is 2. The second kappa shape index (κ2) is 10.7. The maximum atomic E-state index is 12.7. The number of thioether (sulfide) groups is 1. The average molecular weight is 431 g/mol. The van der Waals surface area contributed by atoms with Gasteiger partial charge in [0.05, 0.1) is 11.3 Å². The minimum Gasteiger partial charge on any atom is -0.348 e. The summed E-state index contributed by atoms with van der Waals surface area (Å²) in [4.78, 5) is 28.0. The number of rotatable bonds is 7. The van der Waals surface area contributed by atoms with Gasteiger partial charge >= 0.3 is 0 Å². The van der Waals surface area contributed by atoms with Crippen molar-refractivity contribution < 1.29 is 9.59 Å². The third-order valence-electron chi connectivity index (χ3n) is 5.36. The fraction of sp³-hybridized carbons (Fsp3) is 0.391. The van der Waals surface area contributed by atoms with E-state index in [0.717, 1.165) is 23.3 Å². The molecule has 1 saturated carbocycles. The number of halogens is 1. The van der Waals surface area contributed by atoms with Crippen LogP contribution < -0.4 is 5.32 Å². The highest BCUT2D eigenvalue weighted by Crippen LogP contribution is 2.25. The molecule has 0 saturated heterocycles. The number of amides is 2. The van der Waals surface area contributed by atoms with E-state index in [1.165, 1.54) is 31.0 Å². The van der Waals surface area contributed by atoms with Crippen molar-refractivity contribution >= 4 is 35.2 Å². The molecule has 0 radical (unpaired) electrons. The monoisotopic (exact) mass is 430 g/mol. The van der Waals surface area contributed by atoms with E-state index in [2.05, 4.69) is 5.32 Å². The van der Waals surface area contributed by atoms with Gasteiger partial charge < -0.3 is 10.2 Å². The van der Waals surface area contributed by atoms with Crippen molar-refractivity contribution in [3.63, 3.8) is 0 Å². The molecule has 2 aromatic carbocycles. The van der Waals surface area contributed by atoms with Gasteiger partial charge in [0, 0.05) is 29.6 Å². The molecule has 0 spiro atoms. The molecule has 29 heavy (non-hydrogen) atoms. The molecule has 154 valence electrons. The fourth-order valence-corrected chi connectivity index (χ4v) is 4.67. The molecule has 4 nitrogen and oxygen atoms in total. The topological polar surface area (TPSA) is 49.4 Å². The lowest BCUT2D eigenvalue weighted by Crippen LogP contribution is -2.39. The van der Waals surface area contributed by atoms with E-state index >= 15 is 0 Å². The Balaban J connectivity index is 1.57. The SMILES string of the molecule is CN(C(=O)CSc1ccccc1C(=O)NCc1ccc(Cl)cc1)C1CCCCC1. The number of nitrogens with zero attached hydrogens (tertiary/aromatic N) is 1. The zero-order valence-electron chi connectivity index (χ0n) is 16.7. The van der Waals surface area contributed by atoms with E-state index < -0.39 is 0 Å². The van der Waals surface area contributed by atoms with E-state index in [4.69, 9.17) is 11.6 Å². The van der Waals surface area contributed by atoms with Crippen LogP contribution in [0.4, 0.5) is 0 Å². The summed E-state index contributed by atoms with van der Waals surface area (Å²) in [5, 5.41) is 3.62. The van der Waals surface area contributed by atoms with E-state index in [-0.39, 0.29) is 11.8 Å². The highest BCUT2D eigenvalue weighted by Gasteiger charge is 2.22. The van der Waals surface area contributed by atoms with Crippen molar-refractivity contribution in [3.05, 3.63) is 64.7 Å². The van der Waals surface area contributed by atoms with Gasteiger partial charge in [0.2, 0.25) is 5.91 Å². The Hall–Kier alpha value is -1.98. The van der Waals surface area contributed by atoms with Crippen molar-refractivity contribution in [2.24, 2.45) is 0 Å². The van der Waals surface area contributed by atoms with Crippen LogP contribution in [0.15, 0.2) is 53.4 Å². The van der Waals surface area contributed by atoms with E-state index in [1.807, 2.05) is 42.3 Å². The highest BCUT2D eigenvalue weighted by molar-refractivity contribution is 8.00. The molecular weight excluding hydrogens is 404 g/mol. The molecule has 0 aromatic heterocycles. The quantitative estimate of drug-likeness (QED) is 0.617. The van der Waals surface area contributed by atoms with Crippen molar-refractivity contribution in [2.75, 3.05) is 12.8 Å². The van der Waals surface area contributed by atoms with E-state index in [9.17, 15) is 9.59 Å². The second-order valence-electron chi connectivity index (χ2n) is 7.39. The fourth-order valence-electron chi connectivity index (χ4n) is 3.57. The van der Waals surface area contributed by atoms with Crippen molar-refractivity contribution in [1.82, 2.24) is 10.2 Å². The smallest absolute Gasteiger partial charge is 0.252 e. The largest absolute Gasteiger partial charge is 0.348 e. The normalized spacial score (nSPS) is 14.4. The molecule has 0 heterocycles. The van der Waals surface area contributed by atoms with Crippen LogP contribution in [0, 0.1) is 0 Å². The summed E-state index contributed by atoms with van der Waals surface area (Å²) in [5.41, 5.74) is 1.58. The summed E-state index contributed by atoms with van der Waals surface area (Å²) in [7, 11) is 1.91. The van der Waals surface area contributed by atoms with Gasteiger partial charge in [0.25, 0.3) is 5.91 Å². The van der Waals surface area contributed by atoms with Gasteiger partial charge in [0.1, 0.15) is 0 Å². The first kappa shape index (κ1) is 21.7. The first-order valence-electron chi connectivity index (χ1n) is 10.0. The maximum Gasteiger partial charge on any atom is 0.252 e.